The lowest BCUT2D eigenvalue weighted by Crippen LogP contribution is -2.12. The second kappa shape index (κ2) is 5.56. The Hall–Kier alpha value is -2.00. The van der Waals surface area contributed by atoms with Crippen molar-refractivity contribution >= 4 is 11.4 Å². The van der Waals surface area contributed by atoms with Gasteiger partial charge < -0.3 is 16.2 Å². The molecule has 2 rings (SSSR count). The van der Waals surface area contributed by atoms with Gasteiger partial charge in [0.15, 0.2) is 0 Å². The first kappa shape index (κ1) is 12.5. The van der Waals surface area contributed by atoms with E-state index in [4.69, 9.17) is 5.73 Å². The smallest absolute Gasteiger partial charge is 0.0963 e. The van der Waals surface area contributed by atoms with Crippen LogP contribution in [0.25, 0.3) is 0 Å². The highest BCUT2D eigenvalue weighted by molar-refractivity contribution is 5.49. The van der Waals surface area contributed by atoms with Crippen LogP contribution in [0.3, 0.4) is 0 Å². The van der Waals surface area contributed by atoms with Gasteiger partial charge in [-0.05, 0) is 36.2 Å². The Morgan fingerprint density at radius 3 is 2.56 bits per heavy atom. The number of para-hydroxylation sites is 1. The summed E-state index contributed by atoms with van der Waals surface area (Å²) >= 11 is 0. The van der Waals surface area contributed by atoms with Gasteiger partial charge in [-0.15, -0.1) is 0 Å². The molecule has 0 heterocycles. The third-order valence-electron chi connectivity index (χ3n) is 2.96. The monoisotopic (exact) mass is 242 g/mol. The molecule has 0 spiro atoms. The van der Waals surface area contributed by atoms with Gasteiger partial charge in [-0.25, -0.2) is 0 Å². The van der Waals surface area contributed by atoms with Crippen molar-refractivity contribution in [3.8, 4) is 0 Å². The minimum atomic E-state index is -0.562. The topological polar surface area (TPSA) is 58.3 Å². The van der Waals surface area contributed by atoms with Crippen LogP contribution < -0.4 is 11.1 Å². The summed E-state index contributed by atoms with van der Waals surface area (Å²) in [4.78, 5) is 0. The predicted molar refractivity (Wildman–Crippen MR) is 75.5 cm³/mol. The Morgan fingerprint density at radius 1 is 1.17 bits per heavy atom. The van der Waals surface area contributed by atoms with Crippen molar-refractivity contribution in [2.24, 2.45) is 0 Å². The number of aliphatic hydroxyl groups is 1. The molecule has 0 aliphatic heterocycles. The standard InChI is InChI=1S/C15H18N2O/c1-11-7-8-12(9-14(11)16)15(18)10-17-13-5-3-2-4-6-13/h2-9,15,17-18H,10,16H2,1H3. The van der Waals surface area contributed by atoms with Crippen LogP contribution in [0.15, 0.2) is 48.5 Å². The molecule has 2 aromatic rings. The number of nitrogens with two attached hydrogens (primary N) is 1. The minimum Gasteiger partial charge on any atom is -0.399 e. The van der Waals surface area contributed by atoms with Gasteiger partial charge in [-0.3, -0.25) is 0 Å². The molecule has 3 nitrogen and oxygen atoms in total. The molecule has 0 aromatic heterocycles. The van der Waals surface area contributed by atoms with Crippen LogP contribution in [0.4, 0.5) is 11.4 Å². The molecule has 18 heavy (non-hydrogen) atoms. The molecule has 3 heteroatoms. The zero-order valence-electron chi connectivity index (χ0n) is 10.4. The van der Waals surface area contributed by atoms with Crippen molar-refractivity contribution in [2.75, 3.05) is 17.6 Å². The zero-order chi connectivity index (χ0) is 13.0. The maximum absolute atomic E-state index is 10.1. The number of anilines is 2. The summed E-state index contributed by atoms with van der Waals surface area (Å²) in [5, 5.41) is 13.3. The van der Waals surface area contributed by atoms with Gasteiger partial charge in [0.05, 0.1) is 6.10 Å². The first-order valence-corrected chi connectivity index (χ1v) is 6.00. The molecule has 0 aliphatic rings. The fourth-order valence-corrected chi connectivity index (χ4v) is 1.75. The number of hydrogen-bond donors (Lipinski definition) is 3. The van der Waals surface area contributed by atoms with E-state index in [9.17, 15) is 5.11 Å². The average molecular weight is 242 g/mol. The van der Waals surface area contributed by atoms with Crippen LogP contribution >= 0.6 is 0 Å². The summed E-state index contributed by atoms with van der Waals surface area (Å²) in [5.41, 5.74) is 9.41. The van der Waals surface area contributed by atoms with E-state index in [0.29, 0.717) is 12.2 Å². The van der Waals surface area contributed by atoms with Gasteiger partial charge in [-0.1, -0.05) is 30.3 Å². The number of aliphatic hydroxyl groups excluding tert-OH is 1. The Kier molecular flexibility index (Phi) is 3.85. The molecular formula is C15H18N2O. The number of nitrogen functional groups attached to an aromatic ring is 1. The maximum Gasteiger partial charge on any atom is 0.0963 e. The highest BCUT2D eigenvalue weighted by atomic mass is 16.3. The first-order valence-electron chi connectivity index (χ1n) is 6.00. The van der Waals surface area contributed by atoms with E-state index < -0.39 is 6.10 Å². The molecule has 0 saturated heterocycles. The summed E-state index contributed by atoms with van der Waals surface area (Å²) in [5.74, 6) is 0. The lowest BCUT2D eigenvalue weighted by atomic mass is 10.1. The van der Waals surface area contributed by atoms with Crippen LogP contribution in [-0.2, 0) is 0 Å². The summed E-state index contributed by atoms with van der Waals surface area (Å²) < 4.78 is 0. The molecule has 0 bridgehead atoms. The molecule has 1 atom stereocenters. The Balaban J connectivity index is 1.99. The lowest BCUT2D eigenvalue weighted by Gasteiger charge is -2.14. The van der Waals surface area contributed by atoms with Crippen LogP contribution in [0.2, 0.25) is 0 Å². The molecule has 2 aromatic carbocycles. The largest absolute Gasteiger partial charge is 0.399 e. The number of nitrogens with one attached hydrogen (secondary N) is 1. The molecule has 0 amide bonds. The van der Waals surface area contributed by atoms with Crippen molar-refractivity contribution in [2.45, 2.75) is 13.0 Å². The van der Waals surface area contributed by atoms with Gasteiger partial charge in [0.1, 0.15) is 0 Å². The van der Waals surface area contributed by atoms with E-state index in [0.717, 1.165) is 16.8 Å². The Labute approximate surface area is 107 Å². The quantitative estimate of drug-likeness (QED) is 0.722. The van der Waals surface area contributed by atoms with Crippen molar-refractivity contribution in [1.82, 2.24) is 0 Å². The normalized spacial score (nSPS) is 12.1. The van der Waals surface area contributed by atoms with Crippen molar-refractivity contribution in [1.29, 1.82) is 0 Å². The highest BCUT2D eigenvalue weighted by Crippen LogP contribution is 2.19. The second-order valence-corrected chi connectivity index (χ2v) is 4.38. The van der Waals surface area contributed by atoms with Crippen LogP contribution in [0.5, 0.6) is 0 Å². The Morgan fingerprint density at radius 2 is 1.89 bits per heavy atom. The van der Waals surface area contributed by atoms with E-state index in [1.165, 1.54) is 0 Å². The number of benzene rings is 2. The summed E-state index contributed by atoms with van der Waals surface area (Å²) in [6, 6.07) is 15.5. The third kappa shape index (κ3) is 3.02. The minimum absolute atomic E-state index is 0.465. The Bertz CT molecular complexity index is 511. The molecule has 1 unspecified atom stereocenters. The van der Waals surface area contributed by atoms with Gasteiger partial charge in [0.2, 0.25) is 0 Å². The van der Waals surface area contributed by atoms with E-state index in [-0.39, 0.29) is 0 Å². The van der Waals surface area contributed by atoms with E-state index in [1.54, 1.807) is 0 Å². The molecule has 4 N–H and O–H groups in total. The number of hydrogen-bond acceptors (Lipinski definition) is 3. The van der Waals surface area contributed by atoms with Crippen molar-refractivity contribution in [3.63, 3.8) is 0 Å². The van der Waals surface area contributed by atoms with E-state index >= 15 is 0 Å². The van der Waals surface area contributed by atoms with Gasteiger partial charge in [0.25, 0.3) is 0 Å². The first-order chi connectivity index (χ1) is 8.66. The molecular weight excluding hydrogens is 224 g/mol. The van der Waals surface area contributed by atoms with Crippen molar-refractivity contribution < 1.29 is 5.11 Å². The van der Waals surface area contributed by atoms with E-state index in [1.807, 2.05) is 55.5 Å². The fourth-order valence-electron chi connectivity index (χ4n) is 1.75. The fraction of sp³-hybridized carbons (Fsp3) is 0.200. The summed E-state index contributed by atoms with van der Waals surface area (Å²) in [6.07, 6.45) is -0.562. The second-order valence-electron chi connectivity index (χ2n) is 4.38. The highest BCUT2D eigenvalue weighted by Gasteiger charge is 2.08. The molecule has 0 saturated carbocycles. The number of rotatable bonds is 4. The molecule has 0 radical (unpaired) electrons. The van der Waals surface area contributed by atoms with E-state index in [2.05, 4.69) is 5.32 Å². The third-order valence-corrected chi connectivity index (χ3v) is 2.96. The SMILES string of the molecule is Cc1ccc(C(O)CNc2ccccc2)cc1N. The number of aryl methyl sites for hydroxylation is 1. The average Bonchev–Trinajstić information content (AvgIpc) is 2.40. The van der Waals surface area contributed by atoms with Gasteiger partial charge in [-0.2, -0.15) is 0 Å². The zero-order valence-corrected chi connectivity index (χ0v) is 10.4. The summed E-state index contributed by atoms with van der Waals surface area (Å²) in [6.45, 7) is 2.42. The van der Waals surface area contributed by atoms with Crippen LogP contribution in [0, 0.1) is 6.92 Å². The predicted octanol–water partition coefficient (Wildman–Crippen LogP) is 2.72. The molecule has 94 valence electrons. The molecule has 0 fully saturated rings. The van der Waals surface area contributed by atoms with Gasteiger partial charge in [0, 0.05) is 17.9 Å². The maximum atomic E-state index is 10.1. The van der Waals surface area contributed by atoms with Crippen LogP contribution in [0.1, 0.15) is 17.2 Å². The van der Waals surface area contributed by atoms with Gasteiger partial charge >= 0.3 is 0 Å². The lowest BCUT2D eigenvalue weighted by molar-refractivity contribution is 0.191. The van der Waals surface area contributed by atoms with Crippen molar-refractivity contribution in [3.05, 3.63) is 59.7 Å². The summed E-state index contributed by atoms with van der Waals surface area (Å²) in [7, 11) is 0. The van der Waals surface area contributed by atoms with Crippen LogP contribution in [-0.4, -0.2) is 11.7 Å². The molecule has 0 aliphatic carbocycles.